The van der Waals surface area contributed by atoms with E-state index in [1.807, 2.05) is 0 Å². The number of hydrogen-bond acceptors (Lipinski definition) is 4. The van der Waals surface area contributed by atoms with Crippen LogP contribution in [0.25, 0.3) is 44.1 Å². The van der Waals surface area contributed by atoms with Crippen molar-refractivity contribution in [2.75, 3.05) is 0 Å². The molecule has 0 amide bonds. The van der Waals surface area contributed by atoms with Gasteiger partial charge in [0.25, 0.3) is 0 Å². The maximum Gasteiger partial charge on any atom is 0.433 e. The number of pyridine rings is 2. The molecule has 0 fully saturated rings. The molecule has 40 heavy (non-hydrogen) atoms. The molecule has 3 aromatic carbocycles. The Labute approximate surface area is 220 Å². The van der Waals surface area contributed by atoms with Gasteiger partial charge in [0.15, 0.2) is 11.4 Å². The molecule has 0 radical (unpaired) electrons. The molecule has 5 aromatic rings. The van der Waals surface area contributed by atoms with E-state index in [0.717, 1.165) is 36.4 Å². The van der Waals surface area contributed by atoms with Crippen molar-refractivity contribution >= 4 is 33.7 Å². The van der Waals surface area contributed by atoms with Crippen LogP contribution in [0.15, 0.2) is 72.8 Å². The maximum absolute atomic E-state index is 13.9. The average Bonchev–Trinajstić information content (AvgIpc) is 2.90. The number of alkyl halides is 6. The van der Waals surface area contributed by atoms with Crippen LogP contribution in [0.2, 0.25) is 0 Å². The molecule has 5 rings (SSSR count). The fourth-order valence-corrected chi connectivity index (χ4v) is 4.32. The third kappa shape index (κ3) is 4.91. The van der Waals surface area contributed by atoms with Gasteiger partial charge in [0.1, 0.15) is 0 Å². The van der Waals surface area contributed by atoms with Gasteiger partial charge < -0.3 is 10.2 Å². The zero-order valence-corrected chi connectivity index (χ0v) is 19.8. The minimum Gasteiger partial charge on any atom is -0.478 e. The van der Waals surface area contributed by atoms with Crippen LogP contribution in [0.3, 0.4) is 0 Å². The molecule has 0 aliphatic heterocycles. The summed E-state index contributed by atoms with van der Waals surface area (Å²) >= 11 is 0. The third-order valence-corrected chi connectivity index (χ3v) is 6.17. The summed E-state index contributed by atoms with van der Waals surface area (Å²) in [5, 5.41) is 18.7. The van der Waals surface area contributed by atoms with E-state index in [1.54, 1.807) is 0 Å². The van der Waals surface area contributed by atoms with Gasteiger partial charge in [-0.05, 0) is 59.7 Å². The first-order valence-electron chi connectivity index (χ1n) is 11.3. The topological polar surface area (TPSA) is 100 Å². The molecule has 0 unspecified atom stereocenters. The lowest BCUT2D eigenvalue weighted by Gasteiger charge is -2.16. The quantitative estimate of drug-likeness (QED) is 0.222. The summed E-state index contributed by atoms with van der Waals surface area (Å²) in [6.07, 6.45) is -9.78. The first kappa shape index (κ1) is 26.6. The summed E-state index contributed by atoms with van der Waals surface area (Å²) in [6, 6.07) is 13.9. The van der Waals surface area contributed by atoms with E-state index >= 15 is 0 Å². The van der Waals surface area contributed by atoms with Crippen molar-refractivity contribution in [3.05, 3.63) is 95.3 Å². The van der Waals surface area contributed by atoms with Gasteiger partial charge >= 0.3 is 24.3 Å². The van der Waals surface area contributed by atoms with Gasteiger partial charge in [-0.25, -0.2) is 19.6 Å². The average molecular weight is 556 g/mol. The highest BCUT2D eigenvalue weighted by Gasteiger charge is 2.37. The van der Waals surface area contributed by atoms with E-state index in [1.165, 1.54) is 36.4 Å². The molecular formula is C28H14F6N2O4. The van der Waals surface area contributed by atoms with Crippen LogP contribution in [0.4, 0.5) is 26.3 Å². The Morgan fingerprint density at radius 2 is 0.900 bits per heavy atom. The van der Waals surface area contributed by atoms with Crippen LogP contribution in [0.1, 0.15) is 32.1 Å². The largest absolute Gasteiger partial charge is 0.478 e. The lowest BCUT2D eigenvalue weighted by Crippen LogP contribution is -2.11. The number of aromatic carboxylic acids is 2. The normalized spacial score (nSPS) is 12.2. The molecule has 0 aliphatic carbocycles. The summed E-state index contributed by atoms with van der Waals surface area (Å²) in [6.45, 7) is 0. The van der Waals surface area contributed by atoms with Gasteiger partial charge in [0.2, 0.25) is 0 Å². The highest BCUT2D eigenvalue weighted by Crippen LogP contribution is 2.41. The number of carbonyl (C=O) groups is 2. The summed E-state index contributed by atoms with van der Waals surface area (Å²) in [7, 11) is 0. The predicted octanol–water partition coefficient (Wildman–Crippen LogP) is 7.55. The molecule has 2 heterocycles. The van der Waals surface area contributed by atoms with Crippen LogP contribution in [0.5, 0.6) is 0 Å². The van der Waals surface area contributed by atoms with Crippen LogP contribution in [-0.2, 0) is 12.4 Å². The second kappa shape index (κ2) is 9.33. The molecule has 6 nitrogen and oxygen atoms in total. The number of halogens is 6. The monoisotopic (exact) mass is 556 g/mol. The Morgan fingerprint density at radius 1 is 0.550 bits per heavy atom. The number of rotatable bonds is 4. The van der Waals surface area contributed by atoms with E-state index in [9.17, 15) is 46.1 Å². The van der Waals surface area contributed by atoms with Crippen LogP contribution >= 0.6 is 0 Å². The Bertz CT molecular complexity index is 1700. The van der Waals surface area contributed by atoms with E-state index in [-0.39, 0.29) is 44.1 Å². The Balaban J connectivity index is 1.67. The molecule has 0 spiro atoms. The van der Waals surface area contributed by atoms with Crippen LogP contribution in [0, 0.1) is 0 Å². The van der Waals surface area contributed by atoms with Crippen molar-refractivity contribution in [3.8, 4) is 22.3 Å². The fraction of sp³-hybridized carbons (Fsp3) is 0.0714. The zero-order chi connectivity index (χ0) is 29.0. The first-order valence-corrected chi connectivity index (χ1v) is 11.3. The highest BCUT2D eigenvalue weighted by atomic mass is 19.4. The summed E-state index contributed by atoms with van der Waals surface area (Å²) < 4.78 is 83.4. The lowest BCUT2D eigenvalue weighted by atomic mass is 9.96. The Hall–Kier alpha value is -5.00. The minimum atomic E-state index is -4.89. The molecular weight excluding hydrogens is 542 g/mol. The molecule has 2 aromatic heterocycles. The highest BCUT2D eigenvalue weighted by molar-refractivity contribution is 5.96. The maximum atomic E-state index is 13.9. The molecule has 0 aliphatic rings. The Morgan fingerprint density at radius 3 is 1.20 bits per heavy atom. The number of fused-ring (bicyclic) bond motifs is 2. The summed E-state index contributed by atoms with van der Waals surface area (Å²) in [4.78, 5) is 30.0. The summed E-state index contributed by atoms with van der Waals surface area (Å²) in [5.41, 5.74) is -3.84. The van der Waals surface area contributed by atoms with E-state index in [0.29, 0.717) is 0 Å². The third-order valence-electron chi connectivity index (χ3n) is 6.17. The molecule has 0 saturated heterocycles. The minimum absolute atomic E-state index is 0.0262. The van der Waals surface area contributed by atoms with Crippen molar-refractivity contribution < 1.29 is 46.1 Å². The molecule has 0 atom stereocenters. The van der Waals surface area contributed by atoms with Crippen molar-refractivity contribution in [1.29, 1.82) is 0 Å². The van der Waals surface area contributed by atoms with Crippen molar-refractivity contribution in [1.82, 2.24) is 9.97 Å². The Kier molecular flexibility index (Phi) is 6.20. The number of carboxylic acids is 2. The molecule has 202 valence electrons. The van der Waals surface area contributed by atoms with Gasteiger partial charge in [-0.15, -0.1) is 0 Å². The van der Waals surface area contributed by atoms with Gasteiger partial charge in [0.05, 0.1) is 22.2 Å². The van der Waals surface area contributed by atoms with Crippen LogP contribution < -0.4 is 0 Å². The molecule has 12 heteroatoms. The second-order valence-electron chi connectivity index (χ2n) is 8.77. The van der Waals surface area contributed by atoms with Crippen molar-refractivity contribution in [2.45, 2.75) is 12.4 Å². The van der Waals surface area contributed by atoms with Gasteiger partial charge in [-0.3, -0.25) is 0 Å². The second-order valence-corrected chi connectivity index (χ2v) is 8.77. The molecule has 0 bridgehead atoms. The van der Waals surface area contributed by atoms with Gasteiger partial charge in [0, 0.05) is 21.9 Å². The van der Waals surface area contributed by atoms with Gasteiger partial charge in [-0.2, -0.15) is 26.3 Å². The summed E-state index contributed by atoms with van der Waals surface area (Å²) in [5.74, 6) is -2.57. The first-order chi connectivity index (χ1) is 18.7. The van der Waals surface area contributed by atoms with Crippen LogP contribution in [-0.4, -0.2) is 32.1 Å². The van der Waals surface area contributed by atoms with E-state index in [2.05, 4.69) is 9.97 Å². The number of hydrogen-bond donors (Lipinski definition) is 2. The number of benzene rings is 3. The number of aromatic nitrogens is 2. The SMILES string of the molecule is O=C(O)c1ccc2nc(C(F)(F)F)c(-c3ccc(-c4cc5cc(C(=O)O)ccc5nc4C(F)(F)F)cc3)cc2c1. The van der Waals surface area contributed by atoms with Gasteiger partial charge in [-0.1, -0.05) is 24.3 Å². The number of nitrogens with zero attached hydrogens (tertiary/aromatic N) is 2. The fourth-order valence-electron chi connectivity index (χ4n) is 4.32. The van der Waals surface area contributed by atoms with Crippen molar-refractivity contribution in [2.24, 2.45) is 0 Å². The van der Waals surface area contributed by atoms with E-state index in [4.69, 9.17) is 0 Å². The molecule has 2 N–H and O–H groups in total. The molecule has 0 saturated carbocycles. The standard InChI is InChI=1S/C28H14F6N2O4/c29-27(30,31)23-19(11-17-9-15(25(37)38)5-7-21(17)35-23)13-1-2-14(4-3-13)20-12-18-10-16(26(39)40)6-8-22(18)36-24(20)28(32,33)34/h1-12H,(H,37,38)(H,39,40). The number of carboxylic acid groups (broad SMARTS) is 2. The van der Waals surface area contributed by atoms with Crippen molar-refractivity contribution in [3.63, 3.8) is 0 Å². The van der Waals surface area contributed by atoms with E-state index < -0.39 is 46.8 Å². The zero-order valence-electron chi connectivity index (χ0n) is 19.8. The predicted molar refractivity (Wildman–Crippen MR) is 132 cm³/mol. The lowest BCUT2D eigenvalue weighted by molar-refractivity contribution is -0.141. The smallest absolute Gasteiger partial charge is 0.433 e.